The molecule has 1 amide bonds. The van der Waals surface area contributed by atoms with Crippen molar-refractivity contribution in [2.24, 2.45) is 4.99 Å². The Balaban J connectivity index is 2.29. The molecule has 1 aliphatic rings. The van der Waals surface area contributed by atoms with Gasteiger partial charge in [-0.05, 0) is 30.3 Å². The summed E-state index contributed by atoms with van der Waals surface area (Å²) in [7, 11) is 0. The van der Waals surface area contributed by atoms with Crippen LogP contribution in [0.25, 0.3) is 5.57 Å². The number of halogens is 1. The number of fused-ring (bicyclic) bond motifs is 1. The second-order valence-electron chi connectivity index (χ2n) is 3.76. The van der Waals surface area contributed by atoms with Crippen LogP contribution >= 0.6 is 11.6 Å². The summed E-state index contributed by atoms with van der Waals surface area (Å²) in [5.74, 6) is -0.926. The lowest BCUT2D eigenvalue weighted by molar-refractivity contribution is -0.112. The minimum absolute atomic E-state index is 0.00227. The van der Waals surface area contributed by atoms with Gasteiger partial charge in [-0.15, -0.1) is 0 Å². The first kappa shape index (κ1) is 10.9. The quantitative estimate of drug-likeness (QED) is 0.760. The van der Waals surface area contributed by atoms with E-state index in [1.54, 1.807) is 24.3 Å². The number of hydrogen-bond acceptors (Lipinski definition) is 3. The summed E-state index contributed by atoms with van der Waals surface area (Å²) in [4.78, 5) is 27.7. The maximum Gasteiger partial charge on any atom is 0.282 e. The maximum atomic E-state index is 12.1. The SMILES string of the molecule is O=C1N=c2ccc(Cl)cc2=C1C(=O)c1ccco1. The molecule has 0 N–H and O–H groups in total. The first-order valence-corrected chi connectivity index (χ1v) is 5.56. The van der Waals surface area contributed by atoms with Gasteiger partial charge in [-0.1, -0.05) is 11.6 Å². The van der Waals surface area contributed by atoms with Gasteiger partial charge in [0.2, 0.25) is 5.78 Å². The molecule has 1 aliphatic heterocycles. The zero-order chi connectivity index (χ0) is 12.7. The van der Waals surface area contributed by atoms with Crippen LogP contribution in [0.3, 0.4) is 0 Å². The summed E-state index contributed by atoms with van der Waals surface area (Å²) in [6, 6.07) is 7.88. The Kier molecular flexibility index (Phi) is 2.38. The van der Waals surface area contributed by atoms with Gasteiger partial charge < -0.3 is 4.42 Å². The molecular weight excluding hydrogens is 254 g/mol. The van der Waals surface area contributed by atoms with E-state index in [9.17, 15) is 9.59 Å². The Hall–Kier alpha value is -2.20. The number of furan rings is 1. The molecule has 1 aromatic heterocycles. The first-order chi connectivity index (χ1) is 8.66. The summed E-state index contributed by atoms with van der Waals surface area (Å²) in [5, 5.41) is 1.36. The Bertz CT molecular complexity index is 775. The first-order valence-electron chi connectivity index (χ1n) is 5.18. The zero-order valence-corrected chi connectivity index (χ0v) is 9.77. The molecule has 2 heterocycles. The number of carbonyl (C=O) groups excluding carboxylic acids is 2. The van der Waals surface area contributed by atoms with Crippen LogP contribution in [0, 0.1) is 0 Å². The van der Waals surface area contributed by atoms with Crippen LogP contribution in [0.4, 0.5) is 0 Å². The number of benzene rings is 1. The predicted molar refractivity (Wildman–Crippen MR) is 63.7 cm³/mol. The van der Waals surface area contributed by atoms with Crippen molar-refractivity contribution in [3.8, 4) is 0 Å². The number of Topliss-reactive ketones (excluding diaryl/α,β-unsaturated/α-hetero) is 1. The Labute approximate surface area is 106 Å². The summed E-state index contributed by atoms with van der Waals surface area (Å²) in [6.45, 7) is 0. The van der Waals surface area contributed by atoms with Crippen molar-refractivity contribution in [2.75, 3.05) is 0 Å². The average Bonchev–Trinajstić information content (AvgIpc) is 2.94. The van der Waals surface area contributed by atoms with Gasteiger partial charge in [-0.25, -0.2) is 4.99 Å². The van der Waals surface area contributed by atoms with E-state index in [2.05, 4.69) is 4.99 Å². The van der Waals surface area contributed by atoms with Gasteiger partial charge >= 0.3 is 0 Å². The molecule has 0 atom stereocenters. The van der Waals surface area contributed by atoms with E-state index in [0.29, 0.717) is 15.6 Å². The Morgan fingerprint density at radius 2 is 2.11 bits per heavy atom. The number of hydrogen-bond donors (Lipinski definition) is 0. The van der Waals surface area contributed by atoms with E-state index in [-0.39, 0.29) is 11.3 Å². The fraction of sp³-hybridized carbons (Fsp3) is 0. The molecule has 0 unspecified atom stereocenters. The lowest BCUT2D eigenvalue weighted by Gasteiger charge is -1.95. The number of nitrogens with zero attached hydrogens (tertiary/aromatic N) is 1. The lowest BCUT2D eigenvalue weighted by Crippen LogP contribution is -2.25. The van der Waals surface area contributed by atoms with Gasteiger partial charge in [0.15, 0.2) is 5.76 Å². The highest BCUT2D eigenvalue weighted by Crippen LogP contribution is 2.12. The molecule has 2 aromatic rings. The molecule has 1 aromatic carbocycles. The van der Waals surface area contributed by atoms with Crippen molar-refractivity contribution < 1.29 is 14.0 Å². The van der Waals surface area contributed by atoms with Gasteiger partial charge in [0.25, 0.3) is 5.91 Å². The van der Waals surface area contributed by atoms with Crippen molar-refractivity contribution in [1.29, 1.82) is 0 Å². The largest absolute Gasteiger partial charge is 0.461 e. The molecule has 0 fully saturated rings. The van der Waals surface area contributed by atoms with E-state index < -0.39 is 11.7 Å². The fourth-order valence-corrected chi connectivity index (χ4v) is 2.01. The molecule has 0 saturated heterocycles. The van der Waals surface area contributed by atoms with E-state index in [1.807, 2.05) is 0 Å². The molecule has 3 rings (SSSR count). The third-order valence-corrected chi connectivity index (χ3v) is 2.87. The predicted octanol–water partition coefficient (Wildman–Crippen LogP) is 1.13. The summed E-state index contributed by atoms with van der Waals surface area (Å²) in [5.41, 5.74) is 0.00227. The molecule has 88 valence electrons. The molecule has 5 heteroatoms. The van der Waals surface area contributed by atoms with Gasteiger partial charge in [0.1, 0.15) is 5.57 Å². The molecule has 0 radical (unpaired) electrons. The van der Waals surface area contributed by atoms with Crippen molar-refractivity contribution in [3.05, 3.63) is 58.0 Å². The van der Waals surface area contributed by atoms with Crippen molar-refractivity contribution in [1.82, 2.24) is 0 Å². The van der Waals surface area contributed by atoms with Gasteiger partial charge in [0, 0.05) is 10.2 Å². The molecule has 0 saturated carbocycles. The molecular formula is C13H6ClNO3. The standard InChI is InChI=1S/C13H6ClNO3/c14-7-3-4-9-8(6-7)11(13(17)15-9)12(16)10-2-1-5-18-10/h1-6H. The third kappa shape index (κ3) is 1.58. The van der Waals surface area contributed by atoms with Crippen LogP contribution in [0.15, 0.2) is 46.0 Å². The van der Waals surface area contributed by atoms with E-state index >= 15 is 0 Å². The Morgan fingerprint density at radius 3 is 2.83 bits per heavy atom. The highest BCUT2D eigenvalue weighted by Gasteiger charge is 2.26. The van der Waals surface area contributed by atoms with E-state index in [1.165, 1.54) is 12.3 Å². The third-order valence-electron chi connectivity index (χ3n) is 2.64. The second kappa shape index (κ2) is 3.92. The van der Waals surface area contributed by atoms with Crippen LogP contribution in [-0.2, 0) is 4.79 Å². The van der Waals surface area contributed by atoms with Crippen LogP contribution in [0.1, 0.15) is 10.6 Å². The topological polar surface area (TPSA) is 59.6 Å². The highest BCUT2D eigenvalue weighted by molar-refractivity contribution is 6.45. The Morgan fingerprint density at radius 1 is 1.28 bits per heavy atom. The minimum Gasteiger partial charge on any atom is -0.461 e. The molecule has 18 heavy (non-hydrogen) atoms. The van der Waals surface area contributed by atoms with Crippen LogP contribution in [0.5, 0.6) is 0 Å². The minimum atomic E-state index is -0.561. The second-order valence-corrected chi connectivity index (χ2v) is 4.20. The van der Waals surface area contributed by atoms with Gasteiger partial charge in [-0.2, -0.15) is 0 Å². The smallest absolute Gasteiger partial charge is 0.282 e. The molecule has 0 spiro atoms. The molecule has 0 aliphatic carbocycles. The number of ketones is 1. The van der Waals surface area contributed by atoms with Crippen LogP contribution in [-0.4, -0.2) is 11.7 Å². The van der Waals surface area contributed by atoms with Gasteiger partial charge in [0.05, 0.1) is 11.6 Å². The van der Waals surface area contributed by atoms with Crippen molar-refractivity contribution in [2.45, 2.75) is 0 Å². The summed E-state index contributed by atoms with van der Waals surface area (Å²) < 4.78 is 5.00. The highest BCUT2D eigenvalue weighted by atomic mass is 35.5. The van der Waals surface area contributed by atoms with Crippen molar-refractivity contribution >= 4 is 28.9 Å². The molecule has 4 nitrogen and oxygen atoms in total. The summed E-state index contributed by atoms with van der Waals surface area (Å²) >= 11 is 5.86. The lowest BCUT2D eigenvalue weighted by atomic mass is 10.1. The van der Waals surface area contributed by atoms with Crippen LogP contribution in [0.2, 0.25) is 5.02 Å². The average molecular weight is 260 g/mol. The number of carbonyl (C=O) groups is 2. The maximum absolute atomic E-state index is 12.1. The van der Waals surface area contributed by atoms with E-state index in [4.69, 9.17) is 16.0 Å². The number of amides is 1. The molecule has 0 bridgehead atoms. The van der Waals surface area contributed by atoms with E-state index in [0.717, 1.165) is 0 Å². The monoisotopic (exact) mass is 259 g/mol. The normalized spacial score (nSPS) is 13.4. The zero-order valence-electron chi connectivity index (χ0n) is 9.01. The van der Waals surface area contributed by atoms with Gasteiger partial charge in [-0.3, -0.25) is 9.59 Å². The van der Waals surface area contributed by atoms with Crippen LogP contribution < -0.4 is 10.6 Å². The summed E-state index contributed by atoms with van der Waals surface area (Å²) in [6.07, 6.45) is 1.38. The van der Waals surface area contributed by atoms with Crippen molar-refractivity contribution in [3.63, 3.8) is 0 Å². The number of rotatable bonds is 2. The fourth-order valence-electron chi connectivity index (χ4n) is 1.84.